The van der Waals surface area contributed by atoms with Gasteiger partial charge in [0.1, 0.15) is 0 Å². The molecule has 1 N–H and O–H groups in total. The van der Waals surface area contributed by atoms with E-state index >= 15 is 0 Å². The van der Waals surface area contributed by atoms with E-state index in [9.17, 15) is 9.90 Å². The van der Waals surface area contributed by atoms with Gasteiger partial charge in [0.15, 0.2) is 0 Å². The van der Waals surface area contributed by atoms with E-state index in [0.29, 0.717) is 24.2 Å². The first-order valence-electron chi connectivity index (χ1n) is 10.8. The minimum absolute atomic E-state index is 0.196. The Balaban J connectivity index is 1.42. The number of unbranched alkanes of at least 4 members (excludes halogenated alkanes) is 1. The Morgan fingerprint density at radius 2 is 1.96 bits per heavy atom. The smallest absolute Gasteiger partial charge is 0.222 e. The summed E-state index contributed by atoms with van der Waals surface area (Å²) in [5, 5.41) is 10.5. The van der Waals surface area contributed by atoms with Gasteiger partial charge < -0.3 is 10.0 Å². The lowest BCUT2D eigenvalue weighted by molar-refractivity contribution is -0.128. The molecule has 1 aromatic rings. The van der Waals surface area contributed by atoms with E-state index in [0.717, 1.165) is 44.9 Å². The third-order valence-corrected chi connectivity index (χ3v) is 6.39. The number of amides is 1. The molecule has 3 heteroatoms. The molecule has 3 rings (SSSR count). The van der Waals surface area contributed by atoms with Crippen molar-refractivity contribution < 1.29 is 9.90 Å². The van der Waals surface area contributed by atoms with Crippen LogP contribution in [0.2, 0.25) is 0 Å². The highest BCUT2D eigenvalue weighted by molar-refractivity contribution is 5.75. The normalized spacial score (nSPS) is 26.5. The number of carbonyl (C=O) groups excluding carboxylic acids is 1. The van der Waals surface area contributed by atoms with Gasteiger partial charge in [-0.15, -0.1) is 0 Å². The molecule has 28 heavy (non-hydrogen) atoms. The fourth-order valence-electron chi connectivity index (χ4n) is 4.79. The van der Waals surface area contributed by atoms with E-state index in [1.54, 1.807) is 10.5 Å². The number of hydrogen-bond donors (Lipinski definition) is 1. The van der Waals surface area contributed by atoms with E-state index in [1.165, 1.54) is 5.56 Å². The number of allylic oxidation sites excluding steroid dienone is 3. The van der Waals surface area contributed by atoms with E-state index in [1.807, 2.05) is 14.1 Å². The van der Waals surface area contributed by atoms with Crippen molar-refractivity contribution in [3.05, 3.63) is 59.7 Å². The predicted molar refractivity (Wildman–Crippen MR) is 115 cm³/mol. The van der Waals surface area contributed by atoms with Gasteiger partial charge in [-0.25, -0.2) is 0 Å². The van der Waals surface area contributed by atoms with Crippen molar-refractivity contribution in [2.75, 3.05) is 14.1 Å². The summed E-state index contributed by atoms with van der Waals surface area (Å²) in [7, 11) is 3.64. The second-order valence-electron chi connectivity index (χ2n) is 8.68. The summed E-state index contributed by atoms with van der Waals surface area (Å²) < 4.78 is 0. The van der Waals surface area contributed by atoms with Gasteiger partial charge in [0.2, 0.25) is 5.91 Å². The lowest BCUT2D eigenvalue weighted by Crippen LogP contribution is -2.21. The van der Waals surface area contributed by atoms with Gasteiger partial charge in [0.25, 0.3) is 0 Å². The summed E-state index contributed by atoms with van der Waals surface area (Å²) >= 11 is 0. The third kappa shape index (κ3) is 5.57. The van der Waals surface area contributed by atoms with E-state index in [4.69, 9.17) is 0 Å². The van der Waals surface area contributed by atoms with Crippen molar-refractivity contribution in [3.63, 3.8) is 0 Å². The zero-order chi connectivity index (χ0) is 19.9. The molecule has 4 atom stereocenters. The van der Waals surface area contributed by atoms with Crippen LogP contribution in [0.3, 0.4) is 0 Å². The number of hydrogen-bond acceptors (Lipinski definition) is 2. The van der Waals surface area contributed by atoms with Gasteiger partial charge in [0.05, 0.1) is 6.10 Å². The van der Waals surface area contributed by atoms with Crippen LogP contribution in [0.25, 0.3) is 0 Å². The van der Waals surface area contributed by atoms with Crippen LogP contribution in [0, 0.1) is 17.8 Å². The van der Waals surface area contributed by atoms with E-state index < -0.39 is 0 Å². The van der Waals surface area contributed by atoms with Crippen LogP contribution in [0.1, 0.15) is 50.5 Å². The highest BCUT2D eigenvalue weighted by atomic mass is 16.3. The molecule has 2 aliphatic rings. The first-order chi connectivity index (χ1) is 13.5. The van der Waals surface area contributed by atoms with Crippen molar-refractivity contribution in [3.8, 4) is 0 Å². The zero-order valence-corrected chi connectivity index (χ0v) is 17.4. The maximum atomic E-state index is 11.7. The minimum Gasteiger partial charge on any atom is -0.392 e. The molecule has 0 spiro atoms. The second kappa shape index (κ2) is 10.1. The molecule has 152 valence electrons. The number of aliphatic hydroxyl groups excluding tert-OH is 1. The highest BCUT2D eigenvalue weighted by Crippen LogP contribution is 2.48. The molecule has 0 saturated heterocycles. The van der Waals surface area contributed by atoms with Gasteiger partial charge in [-0.2, -0.15) is 0 Å². The molecule has 3 nitrogen and oxygen atoms in total. The largest absolute Gasteiger partial charge is 0.392 e. The van der Waals surface area contributed by atoms with Crippen molar-refractivity contribution in [2.24, 2.45) is 17.8 Å². The molecule has 2 aliphatic carbocycles. The summed E-state index contributed by atoms with van der Waals surface area (Å²) in [6.45, 7) is 0. The number of rotatable bonds is 9. The zero-order valence-electron chi connectivity index (χ0n) is 17.4. The quantitative estimate of drug-likeness (QED) is 0.494. The molecule has 0 aromatic heterocycles. The van der Waals surface area contributed by atoms with Crippen LogP contribution in [0.4, 0.5) is 0 Å². The molecule has 0 unspecified atom stereocenters. The first kappa shape index (κ1) is 20.9. The lowest BCUT2D eigenvalue weighted by atomic mass is 9.88. The Kier molecular flexibility index (Phi) is 7.50. The number of nitrogens with zero attached hydrogens (tertiary/aromatic N) is 1. The van der Waals surface area contributed by atoms with Crippen LogP contribution in [-0.4, -0.2) is 36.1 Å². The maximum absolute atomic E-state index is 11.7. The summed E-state index contributed by atoms with van der Waals surface area (Å²) in [6.07, 6.45) is 14.7. The van der Waals surface area contributed by atoms with Gasteiger partial charge in [0, 0.05) is 26.4 Å². The molecule has 0 radical (unpaired) electrons. The molecule has 0 heterocycles. The van der Waals surface area contributed by atoms with Crippen molar-refractivity contribution in [1.29, 1.82) is 0 Å². The molecule has 0 bridgehead atoms. The Morgan fingerprint density at radius 3 is 2.71 bits per heavy atom. The van der Waals surface area contributed by atoms with Crippen molar-refractivity contribution in [2.45, 2.75) is 57.5 Å². The van der Waals surface area contributed by atoms with Gasteiger partial charge >= 0.3 is 0 Å². The second-order valence-corrected chi connectivity index (χ2v) is 8.68. The molecule has 0 aliphatic heterocycles. The summed E-state index contributed by atoms with van der Waals surface area (Å²) in [4.78, 5) is 13.3. The van der Waals surface area contributed by atoms with Gasteiger partial charge in [-0.3, -0.25) is 4.79 Å². The van der Waals surface area contributed by atoms with Crippen LogP contribution in [0.15, 0.2) is 54.1 Å². The number of benzene rings is 1. The standard InChI is InChI=1S/C25H35NO2/c1-26(2)25(28)15-9-7-13-20-16-21-18-24(27)22(23(21)17-20)14-8-6-12-19-10-4-3-5-11-19/h3-5,8,10-11,14,16,21-24,27H,6-7,9,12-13,15,17-18H2,1-2H3/b14-8+/t21-,22+,23-,24+/m0/s1. The van der Waals surface area contributed by atoms with Crippen LogP contribution in [-0.2, 0) is 11.2 Å². The molecule has 1 amide bonds. The SMILES string of the molecule is CN(C)C(=O)CCCCC1=C[C@H]2C[C@@H](O)[C@H](/C=C/CCc3ccccc3)[C@H]2C1. The third-order valence-electron chi connectivity index (χ3n) is 6.39. The summed E-state index contributed by atoms with van der Waals surface area (Å²) in [5.74, 6) is 1.63. The lowest BCUT2D eigenvalue weighted by Gasteiger charge is -2.18. The highest BCUT2D eigenvalue weighted by Gasteiger charge is 2.42. The Morgan fingerprint density at radius 1 is 1.18 bits per heavy atom. The number of carbonyl (C=O) groups is 1. The molecule has 1 saturated carbocycles. The monoisotopic (exact) mass is 381 g/mol. The number of aryl methyl sites for hydroxylation is 1. The van der Waals surface area contributed by atoms with Gasteiger partial charge in [-0.05, 0) is 62.3 Å². The van der Waals surface area contributed by atoms with Crippen molar-refractivity contribution in [1.82, 2.24) is 4.90 Å². The topological polar surface area (TPSA) is 40.5 Å². The summed E-state index contributed by atoms with van der Waals surface area (Å²) in [5.41, 5.74) is 2.91. The van der Waals surface area contributed by atoms with Gasteiger partial charge in [-0.1, -0.05) is 54.1 Å². The molecule has 1 aromatic carbocycles. The fourth-order valence-corrected chi connectivity index (χ4v) is 4.79. The number of aliphatic hydroxyl groups is 1. The minimum atomic E-state index is -0.196. The van der Waals surface area contributed by atoms with E-state index in [2.05, 4.69) is 48.6 Å². The predicted octanol–water partition coefficient (Wildman–Crippen LogP) is 4.77. The van der Waals surface area contributed by atoms with Crippen LogP contribution >= 0.6 is 0 Å². The van der Waals surface area contributed by atoms with Crippen LogP contribution in [0.5, 0.6) is 0 Å². The average Bonchev–Trinajstić information content (AvgIpc) is 3.20. The average molecular weight is 382 g/mol. The number of fused-ring (bicyclic) bond motifs is 1. The van der Waals surface area contributed by atoms with E-state index in [-0.39, 0.29) is 12.0 Å². The molecular formula is C25H35NO2. The summed E-state index contributed by atoms with van der Waals surface area (Å²) in [6, 6.07) is 10.6. The fraction of sp³-hybridized carbons (Fsp3) is 0.560. The molecule has 1 fully saturated rings. The first-order valence-corrected chi connectivity index (χ1v) is 10.8. The van der Waals surface area contributed by atoms with Crippen molar-refractivity contribution >= 4 is 5.91 Å². The molecular weight excluding hydrogens is 346 g/mol. The maximum Gasteiger partial charge on any atom is 0.222 e. The Hall–Kier alpha value is -1.87. The van der Waals surface area contributed by atoms with Crippen LogP contribution < -0.4 is 0 Å². The Labute approximate surface area is 170 Å². The Bertz CT molecular complexity index is 692.